The summed E-state index contributed by atoms with van der Waals surface area (Å²) in [6.45, 7) is 0. The van der Waals surface area contributed by atoms with Crippen molar-refractivity contribution in [2.24, 2.45) is 0 Å². The van der Waals surface area contributed by atoms with Crippen molar-refractivity contribution < 1.29 is 0 Å². The van der Waals surface area contributed by atoms with Gasteiger partial charge in [-0.2, -0.15) is 0 Å². The van der Waals surface area contributed by atoms with E-state index in [-0.39, 0.29) is 18.7 Å². The van der Waals surface area contributed by atoms with E-state index in [1.165, 1.54) is 4.46 Å². The minimum atomic E-state index is 0.0321. The predicted molar refractivity (Wildman–Crippen MR) is 63.7 cm³/mol. The van der Waals surface area contributed by atoms with Gasteiger partial charge in [-0.1, -0.05) is 0 Å². The van der Waals surface area contributed by atoms with E-state index in [1.54, 1.807) is 3.61 Å². The van der Waals surface area contributed by atoms with E-state index >= 15 is 0 Å². The fourth-order valence-corrected chi connectivity index (χ4v) is 8.85. The van der Waals surface area contributed by atoms with Crippen molar-refractivity contribution in [2.45, 2.75) is 0 Å². The molecule has 2 heteroatoms. The molecule has 0 nitrogen and oxygen atoms in total. The summed E-state index contributed by atoms with van der Waals surface area (Å²) in [5.74, 6) is 0. The van der Waals surface area contributed by atoms with E-state index in [4.69, 9.17) is 0 Å². The van der Waals surface area contributed by atoms with Crippen molar-refractivity contribution in [3.05, 3.63) is 60.7 Å². The van der Waals surface area contributed by atoms with E-state index in [0.717, 1.165) is 0 Å². The molecule has 0 fully saturated rings. The molecule has 0 radical (unpaired) electrons. The van der Waals surface area contributed by atoms with E-state index in [2.05, 4.69) is 60.7 Å². The Labute approximate surface area is 98.6 Å². The number of hydrogen-bond donors (Lipinski definition) is 0. The topological polar surface area (TPSA) is 0 Å². The summed E-state index contributed by atoms with van der Waals surface area (Å²) in [7, 11) is 0. The van der Waals surface area contributed by atoms with Gasteiger partial charge in [0.1, 0.15) is 0 Å². The van der Waals surface area contributed by atoms with Crippen molar-refractivity contribution in [3.63, 3.8) is 0 Å². The molecule has 0 N–H and O–H groups in total. The molecule has 0 aliphatic heterocycles. The van der Waals surface area contributed by atoms with Crippen LogP contribution in [-0.4, -0.2) is 30.5 Å². The van der Waals surface area contributed by atoms with E-state index in [0.29, 0.717) is 11.8 Å². The van der Waals surface area contributed by atoms with Crippen LogP contribution in [0.15, 0.2) is 60.7 Å². The molecule has 0 spiro atoms. The second-order valence-electron chi connectivity index (χ2n) is 2.79. The number of rotatable bonds is 3. The van der Waals surface area contributed by atoms with Crippen LogP contribution >= 0.6 is 0 Å². The fraction of sp³-hybridized carbons (Fsp3) is 0. The van der Waals surface area contributed by atoms with Crippen LogP contribution in [0.5, 0.6) is 0 Å². The van der Waals surface area contributed by atoms with Crippen molar-refractivity contribution in [3.8, 4) is 0 Å². The van der Waals surface area contributed by atoms with Crippen LogP contribution in [-0.2, 0) is 0 Å². The molecule has 0 aromatic heterocycles. The summed E-state index contributed by atoms with van der Waals surface area (Å²) in [5, 5.41) is 0. The van der Waals surface area contributed by atoms with Gasteiger partial charge in [-0.25, -0.2) is 0 Å². The van der Waals surface area contributed by atoms with Crippen molar-refractivity contribution in [2.75, 3.05) is 0 Å². The third-order valence-corrected chi connectivity index (χ3v) is 11.0. The van der Waals surface area contributed by atoms with Crippen LogP contribution in [0.4, 0.5) is 0 Å². The van der Waals surface area contributed by atoms with Crippen molar-refractivity contribution in [1.29, 1.82) is 0 Å². The second kappa shape index (κ2) is 5.59. The molecule has 0 heterocycles. The van der Waals surface area contributed by atoms with E-state index in [1.807, 2.05) is 0 Å². The fourth-order valence-electron chi connectivity index (χ4n) is 1.05. The third kappa shape index (κ3) is 3.15. The van der Waals surface area contributed by atoms with Crippen LogP contribution in [0.3, 0.4) is 0 Å². The normalized spacial score (nSPS) is 10.0. The zero-order valence-electron chi connectivity index (χ0n) is 7.59. The van der Waals surface area contributed by atoms with Gasteiger partial charge in [-0.05, 0) is 0 Å². The summed E-state index contributed by atoms with van der Waals surface area (Å²) < 4.78 is 3.10. The molecule has 70 valence electrons. The SMILES string of the molecule is c1ccc([Se][Te]c2ccccc2)cc1. The average Bonchev–Trinajstić information content (AvgIpc) is 2.29. The Morgan fingerprint density at radius 2 is 1.29 bits per heavy atom. The molecule has 0 amide bonds. The maximum atomic E-state index is 2.26. The first-order valence-electron chi connectivity index (χ1n) is 4.40. The van der Waals surface area contributed by atoms with Gasteiger partial charge in [0.2, 0.25) is 0 Å². The summed E-state index contributed by atoms with van der Waals surface area (Å²) in [5.41, 5.74) is 0. The molecule has 0 aliphatic rings. The summed E-state index contributed by atoms with van der Waals surface area (Å²) in [6.07, 6.45) is 0. The Balaban J connectivity index is 1.96. The van der Waals surface area contributed by atoms with Gasteiger partial charge >= 0.3 is 99.2 Å². The van der Waals surface area contributed by atoms with Gasteiger partial charge in [0, 0.05) is 0 Å². The average molecular weight is 361 g/mol. The van der Waals surface area contributed by atoms with Crippen LogP contribution in [0.25, 0.3) is 0 Å². The van der Waals surface area contributed by atoms with Crippen molar-refractivity contribution >= 4 is 38.5 Å². The number of benzene rings is 2. The Hall–Kier alpha value is -0.251. The minimum absolute atomic E-state index is 0.0321. The summed E-state index contributed by atoms with van der Waals surface area (Å²) in [6, 6.07) is 21.7. The first-order chi connectivity index (χ1) is 6.95. The van der Waals surface area contributed by atoms with Crippen LogP contribution in [0.1, 0.15) is 0 Å². The van der Waals surface area contributed by atoms with Gasteiger partial charge in [0.25, 0.3) is 0 Å². The van der Waals surface area contributed by atoms with Crippen LogP contribution < -0.4 is 8.07 Å². The molecule has 2 aromatic carbocycles. The number of hydrogen-bond acceptors (Lipinski definition) is 0. The van der Waals surface area contributed by atoms with Gasteiger partial charge in [0.15, 0.2) is 0 Å². The summed E-state index contributed by atoms with van der Waals surface area (Å²) in [4.78, 5) is 0. The molecule has 0 bridgehead atoms. The third-order valence-electron chi connectivity index (χ3n) is 1.72. The molecule has 2 rings (SSSR count). The Morgan fingerprint density at radius 1 is 0.714 bits per heavy atom. The molecular weight excluding hydrogens is 351 g/mol. The first kappa shape index (κ1) is 10.3. The standard InChI is InChI=1S/C12H10SeTe/c1-3-7-11(8-4-1)13-14-12-9-5-2-6-10-12/h1-10H. The van der Waals surface area contributed by atoms with Gasteiger partial charge < -0.3 is 0 Å². The molecule has 14 heavy (non-hydrogen) atoms. The molecular formula is C12H10SeTe. The second-order valence-corrected chi connectivity index (χ2v) is 10.8. The zero-order valence-corrected chi connectivity index (χ0v) is 11.6. The van der Waals surface area contributed by atoms with Gasteiger partial charge in [-0.3, -0.25) is 0 Å². The van der Waals surface area contributed by atoms with E-state index in [9.17, 15) is 0 Å². The molecule has 2 aromatic rings. The molecule has 0 saturated carbocycles. The Kier molecular flexibility index (Phi) is 4.10. The Bertz CT molecular complexity index is 333. The van der Waals surface area contributed by atoms with Crippen molar-refractivity contribution in [1.82, 2.24) is 0 Å². The van der Waals surface area contributed by atoms with Gasteiger partial charge in [-0.15, -0.1) is 0 Å². The van der Waals surface area contributed by atoms with E-state index < -0.39 is 0 Å². The summed E-state index contributed by atoms with van der Waals surface area (Å²) >= 11 is 0.734. The van der Waals surface area contributed by atoms with Crippen LogP contribution in [0, 0.1) is 0 Å². The molecule has 0 atom stereocenters. The van der Waals surface area contributed by atoms with Crippen LogP contribution in [0.2, 0.25) is 0 Å². The molecule has 0 aliphatic carbocycles. The predicted octanol–water partition coefficient (Wildman–Crippen LogP) is 0.961. The first-order valence-corrected chi connectivity index (χ1v) is 12.1. The quantitative estimate of drug-likeness (QED) is 0.715. The zero-order chi connectivity index (χ0) is 9.64. The maximum absolute atomic E-state index is 2.26. The Morgan fingerprint density at radius 3 is 1.93 bits per heavy atom. The monoisotopic (exact) mass is 364 g/mol. The van der Waals surface area contributed by atoms with Gasteiger partial charge in [0.05, 0.1) is 0 Å². The molecule has 0 unspecified atom stereocenters. The molecule has 0 saturated heterocycles.